The fourth-order valence-corrected chi connectivity index (χ4v) is 4.32. The number of hydrogen-bond acceptors (Lipinski definition) is 5. The van der Waals surface area contributed by atoms with Gasteiger partial charge in [0.1, 0.15) is 5.58 Å². The van der Waals surface area contributed by atoms with Gasteiger partial charge in [-0.1, -0.05) is 54.6 Å². The van der Waals surface area contributed by atoms with E-state index in [0.29, 0.717) is 17.8 Å². The first-order valence-electron chi connectivity index (χ1n) is 12.2. The van der Waals surface area contributed by atoms with E-state index in [2.05, 4.69) is 27.7 Å². The number of rotatable bonds is 8. The van der Waals surface area contributed by atoms with Crippen molar-refractivity contribution in [3.63, 3.8) is 0 Å². The van der Waals surface area contributed by atoms with Crippen LogP contribution in [0.5, 0.6) is 0 Å². The number of anilines is 1. The molecule has 2 heterocycles. The van der Waals surface area contributed by atoms with Gasteiger partial charge in [0.05, 0.1) is 19.6 Å². The Morgan fingerprint density at radius 2 is 1.58 bits per heavy atom. The summed E-state index contributed by atoms with van der Waals surface area (Å²) >= 11 is 0. The van der Waals surface area contributed by atoms with Crippen LogP contribution in [0.4, 0.5) is 5.69 Å². The highest BCUT2D eigenvalue weighted by atomic mass is 16.5. The zero-order valence-electron chi connectivity index (χ0n) is 20.0. The minimum absolute atomic E-state index is 0.0461. The Kier molecular flexibility index (Phi) is 7.40. The van der Waals surface area contributed by atoms with E-state index >= 15 is 0 Å². The Bertz CT molecular complexity index is 1310. The highest BCUT2D eigenvalue weighted by Crippen LogP contribution is 2.20. The predicted molar refractivity (Wildman–Crippen MR) is 139 cm³/mol. The highest BCUT2D eigenvalue weighted by Gasteiger charge is 2.14. The molecule has 0 radical (unpaired) electrons. The molecule has 0 aliphatic carbocycles. The molecule has 0 unspecified atom stereocenters. The minimum atomic E-state index is -0.313. The summed E-state index contributed by atoms with van der Waals surface area (Å²) in [5.74, 6) is -0.101. The van der Waals surface area contributed by atoms with Gasteiger partial charge in [0.25, 0.3) is 5.91 Å². The Hall–Kier alpha value is -3.94. The predicted octanol–water partition coefficient (Wildman–Crippen LogP) is 4.38. The molecule has 2 N–H and O–H groups in total. The molecule has 1 aliphatic heterocycles. The summed E-state index contributed by atoms with van der Waals surface area (Å²) in [4.78, 5) is 27.5. The summed E-state index contributed by atoms with van der Waals surface area (Å²) in [6, 6.07) is 24.7. The zero-order valence-corrected chi connectivity index (χ0v) is 20.0. The number of benzene rings is 3. The van der Waals surface area contributed by atoms with E-state index in [1.807, 2.05) is 48.5 Å². The Morgan fingerprint density at radius 1 is 0.861 bits per heavy atom. The summed E-state index contributed by atoms with van der Waals surface area (Å²) in [6.07, 6.45) is 0.267. The number of nitrogens with zero attached hydrogens (tertiary/aromatic N) is 1. The topological polar surface area (TPSA) is 83.8 Å². The summed E-state index contributed by atoms with van der Waals surface area (Å²) < 4.78 is 11.1. The van der Waals surface area contributed by atoms with Crippen molar-refractivity contribution in [3.05, 3.63) is 101 Å². The molecule has 1 aliphatic rings. The van der Waals surface area contributed by atoms with Gasteiger partial charge in [0.2, 0.25) is 5.91 Å². The van der Waals surface area contributed by atoms with Gasteiger partial charge in [-0.05, 0) is 41.0 Å². The van der Waals surface area contributed by atoms with E-state index in [4.69, 9.17) is 9.15 Å². The number of hydrogen-bond donors (Lipinski definition) is 2. The average molecular weight is 484 g/mol. The lowest BCUT2D eigenvalue weighted by Gasteiger charge is -2.27. The number of fused-ring (bicyclic) bond motifs is 1. The number of morpholine rings is 1. The molecule has 0 bridgehead atoms. The number of ether oxygens (including phenoxy) is 1. The van der Waals surface area contributed by atoms with Crippen molar-refractivity contribution >= 4 is 28.5 Å². The van der Waals surface area contributed by atoms with Gasteiger partial charge in [-0.2, -0.15) is 0 Å². The molecule has 5 rings (SSSR count). The number of amides is 2. The highest BCUT2D eigenvalue weighted by molar-refractivity contribution is 6.04. The molecule has 7 nitrogen and oxygen atoms in total. The van der Waals surface area contributed by atoms with Crippen LogP contribution >= 0.6 is 0 Å². The molecular weight excluding hydrogens is 454 g/mol. The fourth-order valence-electron chi connectivity index (χ4n) is 4.32. The number of carbonyl (C=O) groups is 2. The third-order valence-corrected chi connectivity index (χ3v) is 6.32. The van der Waals surface area contributed by atoms with E-state index in [0.717, 1.165) is 49.4 Å². The van der Waals surface area contributed by atoms with Crippen molar-refractivity contribution in [2.75, 3.05) is 31.6 Å². The number of furan rings is 1. The molecule has 0 atom stereocenters. The molecule has 4 aromatic rings. The second kappa shape index (κ2) is 11.2. The smallest absolute Gasteiger partial charge is 0.291 e. The third-order valence-electron chi connectivity index (χ3n) is 6.32. The van der Waals surface area contributed by atoms with Gasteiger partial charge in [-0.3, -0.25) is 14.5 Å². The monoisotopic (exact) mass is 483 g/mol. The van der Waals surface area contributed by atoms with E-state index < -0.39 is 0 Å². The third kappa shape index (κ3) is 6.00. The van der Waals surface area contributed by atoms with Crippen LogP contribution < -0.4 is 10.6 Å². The minimum Gasteiger partial charge on any atom is -0.451 e. The maximum Gasteiger partial charge on any atom is 0.291 e. The molecule has 0 saturated carbocycles. The molecule has 1 aromatic heterocycles. The lowest BCUT2D eigenvalue weighted by Crippen LogP contribution is -2.36. The largest absolute Gasteiger partial charge is 0.451 e. The molecule has 7 heteroatoms. The summed E-state index contributed by atoms with van der Waals surface area (Å²) in [5.41, 5.74) is 4.54. The van der Waals surface area contributed by atoms with E-state index in [1.54, 1.807) is 18.2 Å². The van der Waals surface area contributed by atoms with Crippen molar-refractivity contribution in [1.82, 2.24) is 10.2 Å². The normalized spacial score (nSPS) is 14.0. The lowest BCUT2D eigenvalue weighted by atomic mass is 10.1. The molecule has 1 saturated heterocycles. The molecule has 1 fully saturated rings. The van der Waals surface area contributed by atoms with E-state index in [1.165, 1.54) is 5.56 Å². The zero-order chi connectivity index (χ0) is 24.7. The number of carbonyl (C=O) groups excluding carboxylic acids is 2. The van der Waals surface area contributed by atoms with Crippen molar-refractivity contribution in [3.8, 4) is 0 Å². The summed E-state index contributed by atoms with van der Waals surface area (Å²) in [5, 5.41) is 6.76. The van der Waals surface area contributed by atoms with Crippen LogP contribution in [0.1, 0.15) is 27.2 Å². The molecule has 36 heavy (non-hydrogen) atoms. The molecule has 0 spiro atoms. The quantitative estimate of drug-likeness (QED) is 0.389. The van der Waals surface area contributed by atoms with Crippen LogP contribution in [0.2, 0.25) is 0 Å². The fraction of sp³-hybridized carbons (Fsp3) is 0.241. The number of nitrogens with one attached hydrogen (secondary N) is 2. The first kappa shape index (κ1) is 23.8. The van der Waals surface area contributed by atoms with Crippen molar-refractivity contribution in [1.29, 1.82) is 0 Å². The molecule has 184 valence electrons. The Morgan fingerprint density at radius 3 is 2.36 bits per heavy atom. The maximum atomic E-state index is 12.6. The van der Waals surface area contributed by atoms with Crippen molar-refractivity contribution < 1.29 is 18.7 Å². The van der Waals surface area contributed by atoms with Crippen molar-refractivity contribution in [2.24, 2.45) is 0 Å². The van der Waals surface area contributed by atoms with Gasteiger partial charge in [0, 0.05) is 37.3 Å². The maximum absolute atomic E-state index is 12.6. The lowest BCUT2D eigenvalue weighted by molar-refractivity contribution is -0.120. The van der Waals surface area contributed by atoms with Crippen molar-refractivity contribution in [2.45, 2.75) is 19.5 Å². The van der Waals surface area contributed by atoms with Crippen LogP contribution in [-0.4, -0.2) is 43.0 Å². The summed E-state index contributed by atoms with van der Waals surface area (Å²) in [7, 11) is 0. The summed E-state index contributed by atoms with van der Waals surface area (Å²) in [6.45, 7) is 4.73. The molecule has 2 amide bonds. The molecular formula is C29H29N3O4. The van der Waals surface area contributed by atoms with Crippen LogP contribution in [0.15, 0.2) is 83.3 Å². The van der Waals surface area contributed by atoms with Gasteiger partial charge in [0.15, 0.2) is 5.76 Å². The van der Waals surface area contributed by atoms with Gasteiger partial charge in [-0.15, -0.1) is 0 Å². The Labute approximate surface area is 210 Å². The SMILES string of the molecule is O=C(Cc1ccc(NC(=O)c2cc3ccccc3o2)cc1)NCc1ccccc1CN1CCOCC1. The molecule has 3 aromatic carbocycles. The first-order chi connectivity index (χ1) is 17.6. The van der Waals surface area contributed by atoms with E-state index in [-0.39, 0.29) is 24.0 Å². The second-order valence-corrected chi connectivity index (χ2v) is 8.91. The van der Waals surface area contributed by atoms with E-state index in [9.17, 15) is 9.59 Å². The van der Waals surface area contributed by atoms with Crippen LogP contribution in [0, 0.1) is 0 Å². The van der Waals surface area contributed by atoms with Gasteiger partial charge < -0.3 is 19.8 Å². The Balaban J connectivity index is 1.13. The average Bonchev–Trinajstić information content (AvgIpc) is 3.35. The van der Waals surface area contributed by atoms with Gasteiger partial charge in [-0.25, -0.2) is 0 Å². The standard InChI is InChI=1S/C29H29N3O4/c33-28(30-19-23-6-1-2-7-24(23)20-32-13-15-35-16-14-32)17-21-9-11-25(12-10-21)31-29(34)27-18-22-5-3-4-8-26(22)36-27/h1-12,18H,13-17,19-20H2,(H,30,33)(H,31,34). The second-order valence-electron chi connectivity index (χ2n) is 8.91. The van der Waals surface area contributed by atoms with Crippen LogP contribution in [-0.2, 0) is 29.0 Å². The van der Waals surface area contributed by atoms with Gasteiger partial charge >= 0.3 is 0 Å². The van der Waals surface area contributed by atoms with Crippen LogP contribution in [0.25, 0.3) is 11.0 Å². The van der Waals surface area contributed by atoms with Crippen LogP contribution in [0.3, 0.4) is 0 Å². The number of para-hydroxylation sites is 1. The first-order valence-corrected chi connectivity index (χ1v) is 12.2.